The minimum absolute atomic E-state index is 0.104. The third-order valence-electron chi connectivity index (χ3n) is 3.32. The molecule has 1 atom stereocenters. The molecule has 0 amide bonds. The zero-order chi connectivity index (χ0) is 17.2. The van der Waals surface area contributed by atoms with Crippen LogP contribution in [-0.4, -0.2) is 28.8 Å². The summed E-state index contributed by atoms with van der Waals surface area (Å²) in [4.78, 5) is 12.1. The van der Waals surface area contributed by atoms with Gasteiger partial charge in [0.05, 0.1) is 35.6 Å². The molecule has 0 aliphatic carbocycles. The van der Waals surface area contributed by atoms with Crippen molar-refractivity contribution in [3.8, 4) is 0 Å². The molecule has 8 heteroatoms. The maximum Gasteiger partial charge on any atom is 0.417 e. The summed E-state index contributed by atoms with van der Waals surface area (Å²) < 4.78 is 50.3. The lowest BCUT2D eigenvalue weighted by Gasteiger charge is -2.17. The van der Waals surface area contributed by atoms with Crippen molar-refractivity contribution in [3.63, 3.8) is 0 Å². The van der Waals surface area contributed by atoms with Crippen LogP contribution in [0.2, 0.25) is 0 Å². The monoisotopic (exact) mass is 330 g/mol. The van der Waals surface area contributed by atoms with Gasteiger partial charge in [0, 0.05) is 18.4 Å². The first-order chi connectivity index (χ1) is 10.8. The normalized spacial score (nSPS) is 13.3. The molecule has 0 saturated heterocycles. The average molecular weight is 330 g/mol. The molecule has 2 aromatic rings. The number of carbonyl (C=O) groups excluding carboxylic acids is 1. The number of aromatic nitrogens is 2. The smallest absolute Gasteiger partial charge is 0.417 e. The molecule has 2 rings (SSSR count). The fourth-order valence-electron chi connectivity index (χ4n) is 2.36. The van der Waals surface area contributed by atoms with E-state index in [0.29, 0.717) is 12.2 Å². The second-order valence-corrected chi connectivity index (χ2v) is 4.85. The van der Waals surface area contributed by atoms with E-state index in [0.717, 1.165) is 16.8 Å². The third-order valence-corrected chi connectivity index (χ3v) is 3.32. The topological polar surface area (TPSA) is 52.8 Å². The van der Waals surface area contributed by atoms with Crippen molar-refractivity contribution >= 4 is 11.5 Å². The Balaban J connectivity index is 2.67. The molecule has 23 heavy (non-hydrogen) atoms. The first-order valence-corrected chi connectivity index (χ1v) is 7.16. The lowest BCUT2D eigenvalue weighted by atomic mass is 10.0. The first kappa shape index (κ1) is 17.3. The van der Waals surface area contributed by atoms with Crippen LogP contribution in [-0.2, 0) is 15.7 Å². The van der Waals surface area contributed by atoms with Crippen LogP contribution in [0.1, 0.15) is 48.4 Å². The second-order valence-electron chi connectivity index (χ2n) is 4.85. The van der Waals surface area contributed by atoms with Crippen LogP contribution in [0.3, 0.4) is 0 Å². The molecule has 0 aliphatic heterocycles. The van der Waals surface area contributed by atoms with Crippen LogP contribution in [0.25, 0.3) is 5.52 Å². The summed E-state index contributed by atoms with van der Waals surface area (Å²) >= 11 is 0. The van der Waals surface area contributed by atoms with E-state index in [1.54, 1.807) is 20.8 Å². The molecule has 0 bridgehead atoms. The minimum Gasteiger partial charge on any atom is -0.462 e. The molecule has 126 valence electrons. The van der Waals surface area contributed by atoms with Crippen molar-refractivity contribution < 1.29 is 27.4 Å². The van der Waals surface area contributed by atoms with E-state index in [2.05, 4.69) is 5.10 Å². The summed E-state index contributed by atoms with van der Waals surface area (Å²) in [5.74, 6) is -0.640. The molecule has 0 radical (unpaired) electrons. The molecule has 5 nitrogen and oxygen atoms in total. The van der Waals surface area contributed by atoms with Crippen LogP contribution in [0.15, 0.2) is 18.5 Å². The number of halogens is 3. The Kier molecular flexibility index (Phi) is 4.93. The van der Waals surface area contributed by atoms with Crippen LogP contribution in [0.4, 0.5) is 13.2 Å². The van der Waals surface area contributed by atoms with Gasteiger partial charge >= 0.3 is 12.1 Å². The van der Waals surface area contributed by atoms with Crippen molar-refractivity contribution in [2.45, 2.75) is 33.1 Å². The number of rotatable bonds is 5. The maximum absolute atomic E-state index is 12.9. The lowest BCUT2D eigenvalue weighted by molar-refractivity contribution is -0.137. The highest BCUT2D eigenvalue weighted by Crippen LogP contribution is 2.34. The Bertz CT molecular complexity index is 710. The number of ether oxygens (including phenoxy) is 2. The number of fused-ring (bicyclic) bond motifs is 1. The summed E-state index contributed by atoms with van der Waals surface area (Å²) in [5.41, 5.74) is -0.234. The van der Waals surface area contributed by atoms with Gasteiger partial charge in [-0.05, 0) is 26.8 Å². The summed E-state index contributed by atoms with van der Waals surface area (Å²) in [6, 6.07) is 0.959. The predicted octanol–water partition coefficient (Wildman–Crippen LogP) is 3.63. The van der Waals surface area contributed by atoms with Gasteiger partial charge in [-0.3, -0.25) is 0 Å². The van der Waals surface area contributed by atoms with Crippen molar-refractivity contribution in [1.82, 2.24) is 9.61 Å². The summed E-state index contributed by atoms with van der Waals surface area (Å²) in [6.07, 6.45) is -2.99. The molecule has 0 fully saturated rings. The Labute approximate surface area is 131 Å². The molecule has 1 unspecified atom stereocenters. The summed E-state index contributed by atoms with van der Waals surface area (Å²) in [7, 11) is 0. The largest absolute Gasteiger partial charge is 0.462 e. The maximum atomic E-state index is 12.9. The number of carbonyl (C=O) groups is 1. The van der Waals surface area contributed by atoms with E-state index < -0.39 is 23.8 Å². The molecule has 0 aromatic carbocycles. The Morgan fingerprint density at radius 1 is 1.35 bits per heavy atom. The highest BCUT2D eigenvalue weighted by Gasteiger charge is 2.33. The van der Waals surface area contributed by atoms with E-state index in [9.17, 15) is 18.0 Å². The number of alkyl halides is 3. The van der Waals surface area contributed by atoms with E-state index >= 15 is 0 Å². The zero-order valence-electron chi connectivity index (χ0n) is 13.0. The van der Waals surface area contributed by atoms with Gasteiger partial charge in [0.2, 0.25) is 0 Å². The standard InChI is InChI=1S/C15H17F3N2O3/c1-4-22-9(3)13-11(14(21)23-5-2)7-19-20-8-10(6-12(13)20)15(16,17)18/h6-9H,4-5H2,1-3H3. The van der Waals surface area contributed by atoms with Crippen molar-refractivity contribution in [2.24, 2.45) is 0 Å². The molecule has 0 spiro atoms. The number of esters is 1. The highest BCUT2D eigenvalue weighted by atomic mass is 19.4. The van der Waals surface area contributed by atoms with Crippen LogP contribution < -0.4 is 0 Å². The van der Waals surface area contributed by atoms with Crippen LogP contribution >= 0.6 is 0 Å². The van der Waals surface area contributed by atoms with Gasteiger partial charge < -0.3 is 9.47 Å². The van der Waals surface area contributed by atoms with Crippen molar-refractivity contribution in [1.29, 1.82) is 0 Å². The van der Waals surface area contributed by atoms with Gasteiger partial charge in [-0.25, -0.2) is 9.31 Å². The van der Waals surface area contributed by atoms with Gasteiger partial charge in [0.15, 0.2) is 0 Å². The van der Waals surface area contributed by atoms with E-state index in [-0.39, 0.29) is 17.7 Å². The third kappa shape index (κ3) is 3.47. The van der Waals surface area contributed by atoms with Gasteiger partial charge in [0.1, 0.15) is 0 Å². The van der Waals surface area contributed by atoms with Gasteiger partial charge in [-0.1, -0.05) is 0 Å². The van der Waals surface area contributed by atoms with Crippen molar-refractivity contribution in [2.75, 3.05) is 13.2 Å². The van der Waals surface area contributed by atoms with E-state index in [4.69, 9.17) is 9.47 Å². The predicted molar refractivity (Wildman–Crippen MR) is 76.2 cm³/mol. The van der Waals surface area contributed by atoms with Crippen LogP contribution in [0, 0.1) is 0 Å². The summed E-state index contributed by atoms with van der Waals surface area (Å²) in [5, 5.41) is 3.88. The molecule has 0 aliphatic rings. The number of hydrogen-bond acceptors (Lipinski definition) is 4. The fraction of sp³-hybridized carbons (Fsp3) is 0.467. The zero-order valence-corrected chi connectivity index (χ0v) is 13.0. The average Bonchev–Trinajstić information content (AvgIpc) is 2.90. The molecular formula is C15H17F3N2O3. The summed E-state index contributed by atoms with van der Waals surface area (Å²) in [6.45, 7) is 5.58. The van der Waals surface area contributed by atoms with Crippen molar-refractivity contribution in [3.05, 3.63) is 35.2 Å². The molecule has 0 N–H and O–H groups in total. The Hall–Kier alpha value is -2.09. The van der Waals surface area contributed by atoms with Gasteiger partial charge in [-0.2, -0.15) is 18.3 Å². The number of nitrogens with zero attached hydrogens (tertiary/aromatic N) is 2. The lowest BCUT2D eigenvalue weighted by Crippen LogP contribution is -2.14. The van der Waals surface area contributed by atoms with Gasteiger partial charge in [-0.15, -0.1) is 0 Å². The molecule has 2 aromatic heterocycles. The molecule has 2 heterocycles. The SMILES string of the molecule is CCOC(=O)c1cnn2cc(C(F)(F)F)cc2c1C(C)OCC. The Morgan fingerprint density at radius 2 is 2.04 bits per heavy atom. The quantitative estimate of drug-likeness (QED) is 0.786. The van der Waals surface area contributed by atoms with E-state index in [1.807, 2.05) is 0 Å². The molecule has 0 saturated carbocycles. The fourth-order valence-corrected chi connectivity index (χ4v) is 2.36. The van der Waals surface area contributed by atoms with Gasteiger partial charge in [0.25, 0.3) is 0 Å². The van der Waals surface area contributed by atoms with Crippen LogP contribution in [0.5, 0.6) is 0 Å². The minimum atomic E-state index is -4.50. The van der Waals surface area contributed by atoms with E-state index in [1.165, 1.54) is 6.20 Å². The highest BCUT2D eigenvalue weighted by molar-refractivity contribution is 5.93. The second kappa shape index (κ2) is 6.57. The first-order valence-electron chi connectivity index (χ1n) is 7.16. The Morgan fingerprint density at radius 3 is 2.61 bits per heavy atom. The number of hydrogen-bond donors (Lipinski definition) is 0. The molecular weight excluding hydrogens is 313 g/mol.